The van der Waals surface area contributed by atoms with Crippen molar-refractivity contribution in [2.45, 2.75) is 52.1 Å². The molecule has 34 heavy (non-hydrogen) atoms. The zero-order valence-corrected chi connectivity index (χ0v) is 20.6. The van der Waals surface area contributed by atoms with E-state index in [0.29, 0.717) is 6.54 Å². The van der Waals surface area contributed by atoms with E-state index in [0.717, 1.165) is 64.1 Å². The maximum Gasteiger partial charge on any atom is 0.238 e. The van der Waals surface area contributed by atoms with Crippen LogP contribution in [0.2, 0.25) is 0 Å². The Kier molecular flexibility index (Phi) is 8.35. The quantitative estimate of drug-likeness (QED) is 0.658. The second kappa shape index (κ2) is 11.6. The fraction of sp³-hybridized carbons (Fsp3) is 0.500. The SMILES string of the molecule is Cc1ccc(NC(=O)CN2CCC(C(=O)NC3CCN(Cc4ccccc4)CC3)CC2)cc1C. The number of hydrogen-bond acceptors (Lipinski definition) is 4. The molecule has 2 fully saturated rings. The van der Waals surface area contributed by atoms with Gasteiger partial charge in [-0.1, -0.05) is 36.4 Å². The van der Waals surface area contributed by atoms with Crippen molar-refractivity contribution >= 4 is 17.5 Å². The number of nitrogens with one attached hydrogen (secondary N) is 2. The van der Waals surface area contributed by atoms with E-state index in [1.54, 1.807) is 0 Å². The van der Waals surface area contributed by atoms with Crippen LogP contribution in [0.15, 0.2) is 48.5 Å². The monoisotopic (exact) mass is 462 g/mol. The molecule has 6 nitrogen and oxygen atoms in total. The summed E-state index contributed by atoms with van der Waals surface area (Å²) < 4.78 is 0. The van der Waals surface area contributed by atoms with Crippen molar-refractivity contribution in [3.8, 4) is 0 Å². The molecule has 0 saturated carbocycles. The van der Waals surface area contributed by atoms with E-state index in [2.05, 4.69) is 64.6 Å². The Hall–Kier alpha value is -2.70. The first-order chi connectivity index (χ1) is 16.5. The van der Waals surface area contributed by atoms with Crippen LogP contribution in [0.3, 0.4) is 0 Å². The third kappa shape index (κ3) is 6.90. The number of likely N-dealkylation sites (tertiary alicyclic amines) is 2. The number of amides is 2. The molecular formula is C28H38N4O2. The lowest BCUT2D eigenvalue weighted by atomic mass is 9.94. The lowest BCUT2D eigenvalue weighted by Crippen LogP contribution is -2.48. The molecule has 2 aliphatic rings. The molecule has 0 aliphatic carbocycles. The highest BCUT2D eigenvalue weighted by Crippen LogP contribution is 2.20. The summed E-state index contributed by atoms with van der Waals surface area (Å²) in [6.07, 6.45) is 3.65. The van der Waals surface area contributed by atoms with Crippen LogP contribution >= 0.6 is 0 Å². The van der Waals surface area contributed by atoms with Crippen molar-refractivity contribution in [1.82, 2.24) is 15.1 Å². The molecule has 0 bridgehead atoms. The van der Waals surface area contributed by atoms with Crippen molar-refractivity contribution in [2.75, 3.05) is 38.0 Å². The second-order valence-corrected chi connectivity index (χ2v) is 9.94. The Balaban J connectivity index is 1.14. The number of piperidine rings is 2. The molecule has 0 atom stereocenters. The van der Waals surface area contributed by atoms with E-state index < -0.39 is 0 Å². The number of carbonyl (C=O) groups is 2. The summed E-state index contributed by atoms with van der Waals surface area (Å²) in [6, 6.07) is 16.8. The second-order valence-electron chi connectivity index (χ2n) is 9.94. The Morgan fingerprint density at radius 3 is 2.21 bits per heavy atom. The van der Waals surface area contributed by atoms with Gasteiger partial charge in [-0.2, -0.15) is 0 Å². The Bertz CT molecular complexity index is 962. The molecule has 2 heterocycles. The largest absolute Gasteiger partial charge is 0.353 e. The normalized spacial score (nSPS) is 18.5. The fourth-order valence-electron chi connectivity index (χ4n) is 4.97. The van der Waals surface area contributed by atoms with Gasteiger partial charge in [0.25, 0.3) is 0 Å². The van der Waals surface area contributed by atoms with Crippen LogP contribution in [-0.4, -0.2) is 60.4 Å². The third-order valence-electron chi connectivity index (χ3n) is 7.30. The molecule has 2 aromatic rings. The minimum atomic E-state index is 0.00779. The molecule has 0 spiro atoms. The summed E-state index contributed by atoms with van der Waals surface area (Å²) in [5, 5.41) is 6.31. The summed E-state index contributed by atoms with van der Waals surface area (Å²) in [7, 11) is 0. The van der Waals surface area contributed by atoms with Crippen molar-refractivity contribution in [3.63, 3.8) is 0 Å². The first kappa shape index (κ1) is 24.4. The molecular weight excluding hydrogens is 424 g/mol. The van der Waals surface area contributed by atoms with Crippen LogP contribution in [-0.2, 0) is 16.1 Å². The molecule has 4 rings (SSSR count). The van der Waals surface area contributed by atoms with Crippen molar-refractivity contribution < 1.29 is 9.59 Å². The van der Waals surface area contributed by atoms with Crippen LogP contribution in [0, 0.1) is 19.8 Å². The zero-order chi connectivity index (χ0) is 23.9. The average Bonchev–Trinajstić information content (AvgIpc) is 2.84. The summed E-state index contributed by atoms with van der Waals surface area (Å²) in [6.45, 7) is 9.09. The van der Waals surface area contributed by atoms with E-state index in [1.807, 2.05) is 18.2 Å². The van der Waals surface area contributed by atoms with Crippen LogP contribution in [0.5, 0.6) is 0 Å². The Morgan fingerprint density at radius 2 is 1.53 bits per heavy atom. The molecule has 2 N–H and O–H groups in total. The van der Waals surface area contributed by atoms with Gasteiger partial charge in [0.2, 0.25) is 11.8 Å². The number of nitrogens with zero attached hydrogens (tertiary/aromatic N) is 2. The summed E-state index contributed by atoms with van der Waals surface area (Å²) >= 11 is 0. The molecule has 6 heteroatoms. The minimum Gasteiger partial charge on any atom is -0.353 e. The van der Waals surface area contributed by atoms with Crippen LogP contribution in [0.25, 0.3) is 0 Å². The predicted octanol–water partition coefficient (Wildman–Crippen LogP) is 3.73. The molecule has 2 saturated heterocycles. The first-order valence-corrected chi connectivity index (χ1v) is 12.6. The van der Waals surface area contributed by atoms with Crippen molar-refractivity contribution in [3.05, 3.63) is 65.2 Å². The van der Waals surface area contributed by atoms with Gasteiger partial charge in [-0.25, -0.2) is 0 Å². The van der Waals surface area contributed by atoms with E-state index in [9.17, 15) is 9.59 Å². The summed E-state index contributed by atoms with van der Waals surface area (Å²) in [5.41, 5.74) is 4.58. The Morgan fingerprint density at radius 1 is 0.853 bits per heavy atom. The van der Waals surface area contributed by atoms with Gasteiger partial charge in [-0.15, -0.1) is 0 Å². The maximum atomic E-state index is 12.8. The van der Waals surface area contributed by atoms with E-state index in [1.165, 1.54) is 16.7 Å². The van der Waals surface area contributed by atoms with Gasteiger partial charge in [0, 0.05) is 37.3 Å². The fourth-order valence-corrected chi connectivity index (χ4v) is 4.97. The van der Waals surface area contributed by atoms with E-state index >= 15 is 0 Å². The number of aryl methyl sites for hydroxylation is 2. The Labute approximate surface area is 203 Å². The van der Waals surface area contributed by atoms with E-state index in [-0.39, 0.29) is 23.8 Å². The van der Waals surface area contributed by atoms with Gasteiger partial charge < -0.3 is 10.6 Å². The topological polar surface area (TPSA) is 64.7 Å². The number of carbonyl (C=O) groups excluding carboxylic acids is 2. The van der Waals surface area contributed by atoms with E-state index in [4.69, 9.17) is 0 Å². The number of rotatable bonds is 7. The molecule has 0 unspecified atom stereocenters. The van der Waals surface area contributed by atoms with Gasteiger partial charge in [-0.05, 0) is 81.4 Å². The molecule has 2 aliphatic heterocycles. The highest BCUT2D eigenvalue weighted by atomic mass is 16.2. The third-order valence-corrected chi connectivity index (χ3v) is 7.30. The molecule has 0 radical (unpaired) electrons. The molecule has 0 aromatic heterocycles. The van der Waals surface area contributed by atoms with Gasteiger partial charge in [-0.3, -0.25) is 19.4 Å². The lowest BCUT2D eigenvalue weighted by Gasteiger charge is -2.35. The van der Waals surface area contributed by atoms with Gasteiger partial charge in [0.15, 0.2) is 0 Å². The number of hydrogen-bond donors (Lipinski definition) is 2. The van der Waals surface area contributed by atoms with Gasteiger partial charge >= 0.3 is 0 Å². The number of anilines is 1. The first-order valence-electron chi connectivity index (χ1n) is 12.6. The molecule has 182 valence electrons. The highest BCUT2D eigenvalue weighted by molar-refractivity contribution is 5.92. The standard InChI is InChI=1S/C28H38N4O2/c1-21-8-9-26(18-22(21)2)29-27(33)20-32-14-10-24(11-15-32)28(34)30-25-12-16-31(17-13-25)19-23-6-4-3-5-7-23/h3-9,18,24-25H,10-17,19-20H2,1-2H3,(H,29,33)(H,30,34). The maximum absolute atomic E-state index is 12.8. The summed E-state index contributed by atoms with van der Waals surface area (Å²) in [5.74, 6) is 0.260. The summed E-state index contributed by atoms with van der Waals surface area (Å²) in [4.78, 5) is 29.9. The molecule has 2 amide bonds. The number of benzene rings is 2. The van der Waals surface area contributed by atoms with Crippen molar-refractivity contribution in [1.29, 1.82) is 0 Å². The minimum absolute atomic E-state index is 0.00779. The van der Waals surface area contributed by atoms with Crippen LogP contribution < -0.4 is 10.6 Å². The van der Waals surface area contributed by atoms with Gasteiger partial charge in [0.05, 0.1) is 6.54 Å². The molecule has 2 aromatic carbocycles. The van der Waals surface area contributed by atoms with Gasteiger partial charge in [0.1, 0.15) is 0 Å². The van der Waals surface area contributed by atoms with Crippen molar-refractivity contribution in [2.24, 2.45) is 5.92 Å². The average molecular weight is 463 g/mol. The van der Waals surface area contributed by atoms with Crippen LogP contribution in [0.4, 0.5) is 5.69 Å². The predicted molar refractivity (Wildman–Crippen MR) is 137 cm³/mol. The smallest absolute Gasteiger partial charge is 0.238 e. The van der Waals surface area contributed by atoms with Crippen LogP contribution in [0.1, 0.15) is 42.4 Å². The zero-order valence-electron chi connectivity index (χ0n) is 20.6. The lowest BCUT2D eigenvalue weighted by molar-refractivity contribution is -0.127. The highest BCUT2D eigenvalue weighted by Gasteiger charge is 2.28.